The van der Waals surface area contributed by atoms with Gasteiger partial charge in [0.25, 0.3) is 5.91 Å². The summed E-state index contributed by atoms with van der Waals surface area (Å²) in [5.74, 6) is 1.87. The first-order chi connectivity index (χ1) is 16.1. The van der Waals surface area contributed by atoms with Crippen LogP contribution in [0.4, 0.5) is 11.4 Å². The third-order valence-corrected chi connectivity index (χ3v) is 6.07. The molecule has 0 aliphatic carbocycles. The third kappa shape index (κ3) is 4.07. The number of benzene rings is 3. The number of halogens is 1. The average Bonchev–Trinajstić information content (AvgIpc) is 3.20. The predicted octanol–water partition coefficient (Wildman–Crippen LogP) is 4.98. The minimum Gasteiger partial charge on any atom is -0.493 e. The van der Waals surface area contributed by atoms with E-state index in [0.717, 1.165) is 41.3 Å². The fourth-order valence-electron chi connectivity index (χ4n) is 4.17. The monoisotopic (exact) mass is 462 g/mol. The van der Waals surface area contributed by atoms with Crippen LogP contribution in [0, 0.1) is 0 Å². The van der Waals surface area contributed by atoms with Gasteiger partial charge in [-0.05, 0) is 54.6 Å². The minimum atomic E-state index is -0.217. The molecule has 2 heterocycles. The number of carbonyl (C=O) groups excluding carboxylic acids is 1. The molecule has 0 radical (unpaired) electrons. The highest BCUT2D eigenvalue weighted by molar-refractivity contribution is 6.31. The Morgan fingerprint density at radius 1 is 1.00 bits per heavy atom. The number of hydrogen-bond acceptors (Lipinski definition) is 5. The Morgan fingerprint density at radius 3 is 2.67 bits per heavy atom. The number of nitrogens with zero attached hydrogens (tertiary/aromatic N) is 3. The van der Waals surface area contributed by atoms with Crippen molar-refractivity contribution in [2.45, 2.75) is 13.1 Å². The quantitative estimate of drug-likeness (QED) is 0.453. The number of methoxy groups -OCH3 is 2. The van der Waals surface area contributed by atoms with Crippen LogP contribution in [-0.4, -0.2) is 36.2 Å². The van der Waals surface area contributed by atoms with E-state index in [1.165, 1.54) is 0 Å². The Morgan fingerprint density at radius 2 is 1.85 bits per heavy atom. The van der Waals surface area contributed by atoms with Crippen LogP contribution < -0.4 is 19.7 Å². The number of carbonyl (C=O) groups is 1. The fraction of sp³-hybridized carbons (Fsp3) is 0.200. The van der Waals surface area contributed by atoms with Crippen LogP contribution in [0.3, 0.4) is 0 Å². The molecule has 0 bridgehead atoms. The summed E-state index contributed by atoms with van der Waals surface area (Å²) < 4.78 is 12.8. The summed E-state index contributed by atoms with van der Waals surface area (Å²) in [7, 11) is 3.11. The molecule has 0 saturated heterocycles. The maximum absolute atomic E-state index is 12.8. The Hall–Kier alpha value is -3.71. The van der Waals surface area contributed by atoms with Gasteiger partial charge >= 0.3 is 0 Å². The first kappa shape index (κ1) is 21.2. The molecule has 7 nitrogen and oxygen atoms in total. The number of ether oxygens (including phenoxy) is 2. The molecule has 1 aromatic heterocycles. The molecule has 8 heteroatoms. The highest BCUT2D eigenvalue weighted by Crippen LogP contribution is 2.30. The van der Waals surface area contributed by atoms with Gasteiger partial charge in [0.2, 0.25) is 0 Å². The van der Waals surface area contributed by atoms with Crippen molar-refractivity contribution < 1.29 is 14.3 Å². The van der Waals surface area contributed by atoms with E-state index >= 15 is 0 Å². The Kier molecular flexibility index (Phi) is 5.56. The van der Waals surface area contributed by atoms with Gasteiger partial charge in [-0.3, -0.25) is 4.79 Å². The van der Waals surface area contributed by atoms with Gasteiger partial charge in [0.15, 0.2) is 11.5 Å². The van der Waals surface area contributed by atoms with Gasteiger partial charge in [0.05, 0.1) is 31.8 Å². The van der Waals surface area contributed by atoms with Gasteiger partial charge in [0.1, 0.15) is 5.82 Å². The smallest absolute Gasteiger partial charge is 0.255 e. The molecule has 0 atom stereocenters. The van der Waals surface area contributed by atoms with E-state index in [9.17, 15) is 4.79 Å². The standard InChI is InChI=1S/C25H23ClN4O3/c1-32-22-9-6-16(12-23(22)33-2)25(31)27-18-4-3-5-19(14-18)29-10-11-30-21-8-7-17(26)13-20(21)28-24(30)15-29/h3-9,12-14H,10-11,15H2,1-2H3,(H,27,31). The zero-order valence-corrected chi connectivity index (χ0v) is 19.1. The van der Waals surface area contributed by atoms with Crippen LogP contribution in [0.25, 0.3) is 11.0 Å². The number of anilines is 2. The summed E-state index contributed by atoms with van der Waals surface area (Å²) in [6.07, 6.45) is 0. The van der Waals surface area contributed by atoms with E-state index in [0.29, 0.717) is 28.6 Å². The summed E-state index contributed by atoms with van der Waals surface area (Å²) in [6, 6.07) is 18.8. The Labute approximate surface area is 196 Å². The molecule has 0 fully saturated rings. The molecule has 168 valence electrons. The van der Waals surface area contributed by atoms with E-state index in [1.807, 2.05) is 42.5 Å². The van der Waals surface area contributed by atoms with E-state index in [-0.39, 0.29) is 5.91 Å². The van der Waals surface area contributed by atoms with Crippen LogP contribution in [0.15, 0.2) is 60.7 Å². The van der Waals surface area contributed by atoms with E-state index in [4.69, 9.17) is 26.1 Å². The van der Waals surface area contributed by atoms with Crippen molar-refractivity contribution in [3.05, 3.63) is 77.1 Å². The highest BCUT2D eigenvalue weighted by atomic mass is 35.5. The van der Waals surface area contributed by atoms with Gasteiger partial charge in [0, 0.05) is 35.1 Å². The maximum Gasteiger partial charge on any atom is 0.255 e. The number of imidazole rings is 1. The summed E-state index contributed by atoms with van der Waals surface area (Å²) in [5.41, 5.74) is 4.25. The van der Waals surface area contributed by atoms with Crippen LogP contribution in [0.1, 0.15) is 16.2 Å². The molecule has 1 aliphatic heterocycles. The van der Waals surface area contributed by atoms with Gasteiger partial charge in [-0.25, -0.2) is 4.98 Å². The van der Waals surface area contributed by atoms with Crippen LogP contribution in [0.5, 0.6) is 11.5 Å². The molecular weight excluding hydrogens is 440 g/mol. The number of amides is 1. The van der Waals surface area contributed by atoms with Crippen LogP contribution in [0.2, 0.25) is 5.02 Å². The SMILES string of the molecule is COc1ccc(C(=O)Nc2cccc(N3CCn4c(nc5cc(Cl)ccc54)C3)c2)cc1OC. The number of hydrogen-bond donors (Lipinski definition) is 1. The molecule has 33 heavy (non-hydrogen) atoms. The first-order valence-corrected chi connectivity index (χ1v) is 11.0. The molecule has 4 aromatic rings. The lowest BCUT2D eigenvalue weighted by molar-refractivity contribution is 0.102. The normalized spacial score (nSPS) is 13.0. The topological polar surface area (TPSA) is 68.6 Å². The third-order valence-electron chi connectivity index (χ3n) is 5.83. The van der Waals surface area contributed by atoms with Gasteiger partial charge < -0.3 is 24.3 Å². The molecule has 0 spiro atoms. The van der Waals surface area contributed by atoms with Crippen molar-refractivity contribution in [1.82, 2.24) is 9.55 Å². The molecule has 0 unspecified atom stereocenters. The Bertz CT molecular complexity index is 1350. The molecule has 5 rings (SSSR count). The second-order valence-corrected chi connectivity index (χ2v) is 8.24. The first-order valence-electron chi connectivity index (χ1n) is 10.6. The lowest BCUT2D eigenvalue weighted by Gasteiger charge is -2.30. The van der Waals surface area contributed by atoms with Gasteiger partial charge in [-0.15, -0.1) is 0 Å². The molecular formula is C25H23ClN4O3. The highest BCUT2D eigenvalue weighted by Gasteiger charge is 2.21. The number of aromatic nitrogens is 2. The molecule has 3 aromatic carbocycles. The summed E-state index contributed by atoms with van der Waals surface area (Å²) >= 11 is 6.13. The molecule has 1 amide bonds. The lowest BCUT2D eigenvalue weighted by atomic mass is 10.1. The zero-order chi connectivity index (χ0) is 22.9. The molecule has 1 aliphatic rings. The van der Waals surface area contributed by atoms with Gasteiger partial charge in [-0.2, -0.15) is 0 Å². The van der Waals surface area contributed by atoms with Crippen molar-refractivity contribution in [2.24, 2.45) is 0 Å². The van der Waals surface area contributed by atoms with Crippen molar-refractivity contribution in [3.63, 3.8) is 0 Å². The second kappa shape index (κ2) is 8.67. The van der Waals surface area contributed by atoms with Crippen LogP contribution in [-0.2, 0) is 13.1 Å². The fourth-order valence-corrected chi connectivity index (χ4v) is 4.34. The second-order valence-electron chi connectivity index (χ2n) is 7.81. The minimum absolute atomic E-state index is 0.217. The van der Waals surface area contributed by atoms with Gasteiger partial charge in [-0.1, -0.05) is 17.7 Å². The predicted molar refractivity (Wildman–Crippen MR) is 130 cm³/mol. The zero-order valence-electron chi connectivity index (χ0n) is 18.3. The number of fused-ring (bicyclic) bond motifs is 3. The van der Waals surface area contributed by atoms with Crippen molar-refractivity contribution >= 4 is 39.9 Å². The van der Waals surface area contributed by atoms with Crippen molar-refractivity contribution in [1.29, 1.82) is 0 Å². The molecule has 0 saturated carbocycles. The summed E-state index contributed by atoms with van der Waals surface area (Å²) in [4.78, 5) is 19.8. The van der Waals surface area contributed by atoms with Crippen molar-refractivity contribution in [2.75, 3.05) is 31.0 Å². The Balaban J connectivity index is 1.34. The average molecular weight is 463 g/mol. The lowest BCUT2D eigenvalue weighted by Crippen LogP contribution is -2.33. The summed E-state index contributed by atoms with van der Waals surface area (Å²) in [6.45, 7) is 2.35. The van der Waals surface area contributed by atoms with Crippen molar-refractivity contribution in [3.8, 4) is 11.5 Å². The number of rotatable bonds is 5. The molecule has 1 N–H and O–H groups in total. The van der Waals surface area contributed by atoms with E-state index in [1.54, 1.807) is 32.4 Å². The van der Waals surface area contributed by atoms with Crippen LogP contribution >= 0.6 is 11.6 Å². The van der Waals surface area contributed by atoms with E-state index < -0.39 is 0 Å². The number of nitrogens with one attached hydrogen (secondary N) is 1. The van der Waals surface area contributed by atoms with E-state index in [2.05, 4.69) is 14.8 Å². The summed E-state index contributed by atoms with van der Waals surface area (Å²) in [5, 5.41) is 3.66. The largest absolute Gasteiger partial charge is 0.493 e. The maximum atomic E-state index is 12.8.